The Bertz CT molecular complexity index is 652. The predicted octanol–water partition coefficient (Wildman–Crippen LogP) is 1.75. The average molecular weight is 328 g/mol. The van der Waals surface area contributed by atoms with E-state index in [0.717, 1.165) is 50.3 Å². The fraction of sp³-hybridized carbons (Fsp3) is 0.529. The van der Waals surface area contributed by atoms with Gasteiger partial charge in [0, 0.05) is 33.4 Å². The zero-order chi connectivity index (χ0) is 16.9. The fourth-order valence-corrected chi connectivity index (χ4v) is 3.10. The highest BCUT2D eigenvalue weighted by molar-refractivity contribution is 5.92. The van der Waals surface area contributed by atoms with E-state index in [1.807, 2.05) is 36.3 Å². The number of aromatic amines is 1. The Kier molecular flexibility index (Phi) is 5.08. The summed E-state index contributed by atoms with van der Waals surface area (Å²) in [6, 6.07) is 1.73. The van der Waals surface area contributed by atoms with Gasteiger partial charge in [-0.15, -0.1) is 0 Å². The Labute approximate surface area is 142 Å². The molecule has 1 N–H and O–H groups in total. The predicted molar refractivity (Wildman–Crippen MR) is 91.9 cm³/mol. The third-order valence-electron chi connectivity index (χ3n) is 4.51. The van der Waals surface area contributed by atoms with Crippen LogP contribution < -0.4 is 4.90 Å². The van der Waals surface area contributed by atoms with Crippen molar-refractivity contribution in [2.45, 2.75) is 25.7 Å². The lowest BCUT2D eigenvalue weighted by Crippen LogP contribution is -2.32. The van der Waals surface area contributed by atoms with Crippen molar-refractivity contribution in [1.82, 2.24) is 25.1 Å². The van der Waals surface area contributed by atoms with Crippen LogP contribution in [0.4, 0.5) is 5.82 Å². The zero-order valence-electron chi connectivity index (χ0n) is 14.3. The number of amides is 1. The van der Waals surface area contributed by atoms with Crippen molar-refractivity contribution in [3.05, 3.63) is 36.0 Å². The molecule has 0 radical (unpaired) electrons. The minimum absolute atomic E-state index is 0.0447. The molecule has 0 aromatic carbocycles. The Morgan fingerprint density at radius 3 is 2.83 bits per heavy atom. The van der Waals surface area contributed by atoms with Gasteiger partial charge in [0.15, 0.2) is 0 Å². The Morgan fingerprint density at radius 2 is 2.17 bits per heavy atom. The quantitative estimate of drug-likeness (QED) is 0.925. The van der Waals surface area contributed by atoms with Gasteiger partial charge >= 0.3 is 0 Å². The van der Waals surface area contributed by atoms with Crippen molar-refractivity contribution in [2.24, 2.45) is 5.92 Å². The molecule has 1 aliphatic rings. The van der Waals surface area contributed by atoms with Crippen LogP contribution in [0.5, 0.6) is 0 Å². The van der Waals surface area contributed by atoms with E-state index in [-0.39, 0.29) is 5.91 Å². The second kappa shape index (κ2) is 7.42. The molecule has 1 amide bonds. The third-order valence-corrected chi connectivity index (χ3v) is 4.51. The molecule has 2 aromatic heterocycles. The van der Waals surface area contributed by atoms with Gasteiger partial charge in [-0.25, -0.2) is 4.98 Å². The second-order valence-electron chi connectivity index (χ2n) is 6.52. The summed E-state index contributed by atoms with van der Waals surface area (Å²) >= 11 is 0. The summed E-state index contributed by atoms with van der Waals surface area (Å²) in [5.41, 5.74) is 1.59. The molecule has 128 valence electrons. The summed E-state index contributed by atoms with van der Waals surface area (Å²) in [4.78, 5) is 25.2. The lowest BCUT2D eigenvalue weighted by molar-refractivity contribution is 0.0754. The van der Waals surface area contributed by atoms with Crippen LogP contribution in [-0.4, -0.2) is 58.2 Å². The number of nitrogens with one attached hydrogen (secondary N) is 1. The van der Waals surface area contributed by atoms with Gasteiger partial charge in [0.25, 0.3) is 5.91 Å². The molecule has 0 aliphatic carbocycles. The monoisotopic (exact) mass is 328 g/mol. The summed E-state index contributed by atoms with van der Waals surface area (Å²) in [6.07, 6.45) is 9.36. The molecule has 0 bridgehead atoms. The molecule has 7 heteroatoms. The van der Waals surface area contributed by atoms with Gasteiger partial charge in [-0.2, -0.15) is 5.10 Å². The number of likely N-dealkylation sites (tertiary alicyclic amines) is 1. The first-order valence-corrected chi connectivity index (χ1v) is 8.40. The van der Waals surface area contributed by atoms with Crippen molar-refractivity contribution >= 4 is 11.7 Å². The van der Waals surface area contributed by atoms with E-state index in [4.69, 9.17) is 0 Å². The molecule has 2 aromatic rings. The average Bonchev–Trinajstić information content (AvgIpc) is 3.02. The van der Waals surface area contributed by atoms with Crippen LogP contribution in [0.2, 0.25) is 0 Å². The Balaban J connectivity index is 1.56. The van der Waals surface area contributed by atoms with Crippen molar-refractivity contribution in [3.63, 3.8) is 0 Å². The number of hydrogen-bond acceptors (Lipinski definition) is 5. The highest BCUT2D eigenvalue weighted by atomic mass is 16.2. The van der Waals surface area contributed by atoms with Gasteiger partial charge in [-0.05, 0) is 37.7 Å². The number of H-pyrrole nitrogens is 1. The topological polar surface area (TPSA) is 78.0 Å². The van der Waals surface area contributed by atoms with E-state index in [1.54, 1.807) is 12.3 Å². The summed E-state index contributed by atoms with van der Waals surface area (Å²) in [5, 5.41) is 6.62. The maximum atomic E-state index is 12.4. The van der Waals surface area contributed by atoms with Gasteiger partial charge < -0.3 is 9.80 Å². The lowest BCUT2D eigenvalue weighted by Gasteiger charge is -2.19. The first-order valence-electron chi connectivity index (χ1n) is 8.40. The fourth-order valence-electron chi connectivity index (χ4n) is 3.10. The molecule has 1 saturated heterocycles. The van der Waals surface area contributed by atoms with Gasteiger partial charge in [0.05, 0.1) is 18.1 Å². The number of aromatic nitrogens is 4. The molecular formula is C17H24N6O. The molecule has 3 heterocycles. The minimum atomic E-state index is 0.0447. The summed E-state index contributed by atoms with van der Waals surface area (Å²) in [6.45, 7) is 1.59. The summed E-state index contributed by atoms with van der Waals surface area (Å²) in [7, 11) is 3.92. The normalized spacial score (nSPS) is 18.2. The summed E-state index contributed by atoms with van der Waals surface area (Å²) in [5.74, 6) is 1.46. The molecule has 1 aliphatic heterocycles. The van der Waals surface area contributed by atoms with Crippen LogP contribution in [0.15, 0.2) is 24.7 Å². The highest BCUT2D eigenvalue weighted by Crippen LogP contribution is 2.22. The zero-order valence-corrected chi connectivity index (χ0v) is 14.3. The van der Waals surface area contributed by atoms with Gasteiger partial charge in [0.2, 0.25) is 0 Å². The largest absolute Gasteiger partial charge is 0.361 e. The Morgan fingerprint density at radius 1 is 1.29 bits per heavy atom. The first-order chi connectivity index (χ1) is 11.6. The number of anilines is 1. The number of hydrogen-bond donors (Lipinski definition) is 1. The van der Waals surface area contributed by atoms with E-state index in [2.05, 4.69) is 20.2 Å². The van der Waals surface area contributed by atoms with Crippen LogP contribution in [-0.2, 0) is 6.42 Å². The van der Waals surface area contributed by atoms with Crippen molar-refractivity contribution in [1.29, 1.82) is 0 Å². The molecule has 7 nitrogen and oxygen atoms in total. The molecule has 0 saturated carbocycles. The standard InChI is InChI=1S/C17H24N6O/c1-22(2)16-12-18-14(11-19-16)10-13-4-3-8-23(9-6-13)17(24)15-5-7-20-21-15/h5,7,11-13H,3-4,6,8-10H2,1-2H3,(H,20,21)/t13-/m1/s1. The summed E-state index contributed by atoms with van der Waals surface area (Å²) < 4.78 is 0. The lowest BCUT2D eigenvalue weighted by atomic mass is 9.95. The van der Waals surface area contributed by atoms with Crippen LogP contribution in [0, 0.1) is 5.92 Å². The Hall–Kier alpha value is -2.44. The number of carbonyl (C=O) groups is 1. The highest BCUT2D eigenvalue weighted by Gasteiger charge is 2.22. The van der Waals surface area contributed by atoms with Gasteiger partial charge in [-0.3, -0.25) is 14.9 Å². The smallest absolute Gasteiger partial charge is 0.271 e. The van der Waals surface area contributed by atoms with Crippen molar-refractivity contribution < 1.29 is 4.79 Å². The van der Waals surface area contributed by atoms with Crippen LogP contribution >= 0.6 is 0 Å². The molecule has 1 atom stereocenters. The van der Waals surface area contributed by atoms with E-state index in [1.165, 1.54) is 0 Å². The maximum Gasteiger partial charge on any atom is 0.271 e. The van der Waals surface area contributed by atoms with Gasteiger partial charge in [0.1, 0.15) is 11.5 Å². The molecule has 3 rings (SSSR count). The first kappa shape index (κ1) is 16.4. The molecular weight excluding hydrogens is 304 g/mol. The molecule has 0 spiro atoms. The van der Waals surface area contributed by atoms with Crippen LogP contribution in [0.3, 0.4) is 0 Å². The molecule has 0 unspecified atom stereocenters. The van der Waals surface area contributed by atoms with Crippen molar-refractivity contribution in [3.8, 4) is 0 Å². The number of rotatable bonds is 4. The number of carbonyl (C=O) groups excluding carboxylic acids is 1. The molecule has 24 heavy (non-hydrogen) atoms. The second-order valence-corrected chi connectivity index (χ2v) is 6.52. The van der Waals surface area contributed by atoms with Gasteiger partial charge in [-0.1, -0.05) is 0 Å². The molecule has 1 fully saturated rings. The minimum Gasteiger partial charge on any atom is -0.361 e. The maximum absolute atomic E-state index is 12.4. The van der Waals surface area contributed by atoms with Crippen LogP contribution in [0.25, 0.3) is 0 Å². The van der Waals surface area contributed by atoms with E-state index < -0.39 is 0 Å². The van der Waals surface area contributed by atoms with E-state index >= 15 is 0 Å². The van der Waals surface area contributed by atoms with E-state index in [0.29, 0.717) is 11.6 Å². The number of nitrogens with zero attached hydrogens (tertiary/aromatic N) is 5. The SMILES string of the molecule is CN(C)c1cnc(C[C@@H]2CCCN(C(=O)c3ccn[nH]3)CC2)cn1. The van der Waals surface area contributed by atoms with E-state index in [9.17, 15) is 4.79 Å². The van der Waals surface area contributed by atoms with Crippen molar-refractivity contribution in [2.75, 3.05) is 32.1 Å². The van der Waals surface area contributed by atoms with Crippen LogP contribution in [0.1, 0.15) is 35.4 Å². The third kappa shape index (κ3) is 3.90.